The van der Waals surface area contributed by atoms with E-state index in [0.717, 1.165) is 5.56 Å². The van der Waals surface area contributed by atoms with Crippen molar-refractivity contribution in [2.75, 3.05) is 6.61 Å². The highest BCUT2D eigenvalue weighted by Crippen LogP contribution is 2.12. The predicted octanol–water partition coefficient (Wildman–Crippen LogP) is 3.09. The number of amides is 1. The molecule has 0 aliphatic carbocycles. The van der Waals surface area contributed by atoms with E-state index in [1.807, 2.05) is 0 Å². The Morgan fingerprint density at radius 3 is 2.70 bits per heavy atom. The number of nitrogens with zero attached hydrogens (tertiary/aromatic N) is 1. The van der Waals surface area contributed by atoms with Crippen LogP contribution in [0.25, 0.3) is 0 Å². The third-order valence-corrected chi connectivity index (χ3v) is 3.17. The molecule has 0 fully saturated rings. The lowest BCUT2D eigenvalue weighted by Crippen LogP contribution is -2.36. The molecule has 0 radical (unpaired) electrons. The minimum absolute atomic E-state index is 0.219. The van der Waals surface area contributed by atoms with Crippen molar-refractivity contribution in [2.24, 2.45) is 0 Å². The van der Waals surface area contributed by atoms with Crippen LogP contribution < -0.4 is 10.1 Å². The van der Waals surface area contributed by atoms with Gasteiger partial charge in [-0.2, -0.15) is 5.26 Å². The van der Waals surface area contributed by atoms with Crippen LogP contribution in [0.3, 0.4) is 0 Å². The molecule has 1 amide bonds. The Bertz CT molecular complexity index is 708. The van der Waals surface area contributed by atoms with Crippen molar-refractivity contribution in [1.82, 2.24) is 5.32 Å². The van der Waals surface area contributed by atoms with E-state index < -0.39 is 0 Å². The van der Waals surface area contributed by atoms with Crippen LogP contribution in [-0.4, -0.2) is 18.6 Å². The Hall–Kier alpha value is -2.87. The van der Waals surface area contributed by atoms with E-state index in [1.165, 1.54) is 12.1 Å². The molecule has 0 unspecified atom stereocenters. The fourth-order valence-corrected chi connectivity index (χ4v) is 1.99. The highest BCUT2D eigenvalue weighted by Gasteiger charge is 2.10. The second-order valence-electron chi connectivity index (χ2n) is 5.17. The van der Waals surface area contributed by atoms with Crippen molar-refractivity contribution >= 4 is 5.91 Å². The van der Waals surface area contributed by atoms with Crippen LogP contribution >= 0.6 is 0 Å². The summed E-state index contributed by atoms with van der Waals surface area (Å²) < 4.78 is 18.5. The first kappa shape index (κ1) is 16.5. The average molecular weight is 312 g/mol. The second-order valence-corrected chi connectivity index (χ2v) is 5.17. The van der Waals surface area contributed by atoms with Crippen LogP contribution in [0.1, 0.15) is 22.8 Å². The molecule has 23 heavy (non-hydrogen) atoms. The lowest BCUT2D eigenvalue weighted by molar-refractivity contribution is 0.0926. The van der Waals surface area contributed by atoms with Gasteiger partial charge < -0.3 is 10.1 Å². The van der Waals surface area contributed by atoms with Crippen LogP contribution in [0.5, 0.6) is 5.75 Å². The molecule has 1 N–H and O–H groups in total. The smallest absolute Gasteiger partial charge is 0.251 e. The molecule has 0 heterocycles. The number of nitrogens with one attached hydrogen (secondary N) is 1. The molecule has 0 aromatic heterocycles. The van der Waals surface area contributed by atoms with Gasteiger partial charge in [-0.1, -0.05) is 18.2 Å². The van der Waals surface area contributed by atoms with Gasteiger partial charge in [0.05, 0.1) is 18.5 Å². The molecule has 0 aliphatic rings. The summed E-state index contributed by atoms with van der Waals surface area (Å²) in [7, 11) is 0. The van der Waals surface area contributed by atoms with Crippen LogP contribution in [0.2, 0.25) is 0 Å². The maximum absolute atomic E-state index is 13.0. The fraction of sp³-hybridized carbons (Fsp3) is 0.222. The molecule has 0 aliphatic heterocycles. The van der Waals surface area contributed by atoms with Crippen molar-refractivity contribution in [3.05, 3.63) is 65.5 Å². The number of halogens is 1. The molecule has 4 nitrogen and oxygen atoms in total. The molecule has 0 bridgehead atoms. The van der Waals surface area contributed by atoms with Gasteiger partial charge in [0.15, 0.2) is 0 Å². The molecule has 1 atom stereocenters. The Balaban J connectivity index is 1.85. The molecule has 2 aromatic rings. The third-order valence-electron chi connectivity index (χ3n) is 3.17. The zero-order valence-electron chi connectivity index (χ0n) is 12.8. The van der Waals surface area contributed by atoms with Gasteiger partial charge in [-0.25, -0.2) is 4.39 Å². The summed E-state index contributed by atoms with van der Waals surface area (Å²) in [6, 6.07) is 14.6. The molecule has 2 aromatic carbocycles. The van der Waals surface area contributed by atoms with Crippen molar-refractivity contribution in [2.45, 2.75) is 19.4 Å². The van der Waals surface area contributed by atoms with E-state index in [-0.39, 0.29) is 24.4 Å². The van der Waals surface area contributed by atoms with Gasteiger partial charge >= 0.3 is 0 Å². The van der Waals surface area contributed by atoms with Gasteiger partial charge in [-0.05, 0) is 36.8 Å². The van der Waals surface area contributed by atoms with Crippen molar-refractivity contribution in [1.29, 1.82) is 5.26 Å². The van der Waals surface area contributed by atoms with Gasteiger partial charge in [-0.3, -0.25) is 4.79 Å². The number of carbonyl (C=O) groups is 1. The molecular formula is C18H17FN2O2. The maximum Gasteiger partial charge on any atom is 0.251 e. The largest absolute Gasteiger partial charge is 0.491 e. The zero-order chi connectivity index (χ0) is 16.7. The van der Waals surface area contributed by atoms with Crippen molar-refractivity contribution < 1.29 is 13.9 Å². The number of hydrogen-bond donors (Lipinski definition) is 1. The molecule has 0 saturated heterocycles. The number of carbonyl (C=O) groups excluding carboxylic acids is 1. The van der Waals surface area contributed by atoms with Gasteiger partial charge in [0.25, 0.3) is 5.91 Å². The molecule has 118 valence electrons. The standard InChI is InChI=1S/C18H17FN2O2/c1-13(12-23-17-4-2-3-16(19)11-17)21-18(22)15-7-5-14(6-8-15)9-10-20/h2-8,11,13H,9,12H2,1H3,(H,21,22)/t13-/m1/s1. The van der Waals surface area contributed by atoms with Crippen molar-refractivity contribution in [3.8, 4) is 11.8 Å². The average Bonchev–Trinajstić information content (AvgIpc) is 2.54. The summed E-state index contributed by atoms with van der Waals surface area (Å²) in [4.78, 5) is 12.1. The van der Waals surface area contributed by atoms with E-state index >= 15 is 0 Å². The third kappa shape index (κ3) is 5.11. The lowest BCUT2D eigenvalue weighted by atomic mass is 10.1. The van der Waals surface area contributed by atoms with Crippen LogP contribution in [0.15, 0.2) is 48.5 Å². The van der Waals surface area contributed by atoms with E-state index in [0.29, 0.717) is 17.7 Å². The number of hydrogen-bond acceptors (Lipinski definition) is 3. The summed E-state index contributed by atoms with van der Waals surface area (Å²) in [5, 5.41) is 11.4. The highest BCUT2D eigenvalue weighted by molar-refractivity contribution is 5.94. The lowest BCUT2D eigenvalue weighted by Gasteiger charge is -2.15. The van der Waals surface area contributed by atoms with E-state index in [9.17, 15) is 9.18 Å². The molecule has 2 rings (SSSR count). The molecular weight excluding hydrogens is 295 g/mol. The monoisotopic (exact) mass is 312 g/mol. The Kier molecular flexibility index (Phi) is 5.70. The minimum Gasteiger partial charge on any atom is -0.491 e. The van der Waals surface area contributed by atoms with Gasteiger partial charge in [0, 0.05) is 11.6 Å². The second kappa shape index (κ2) is 7.95. The topological polar surface area (TPSA) is 62.1 Å². The minimum atomic E-state index is -0.364. The zero-order valence-corrected chi connectivity index (χ0v) is 12.8. The molecule has 5 heteroatoms. The van der Waals surface area contributed by atoms with E-state index in [4.69, 9.17) is 10.00 Å². The predicted molar refractivity (Wildman–Crippen MR) is 84.6 cm³/mol. The number of ether oxygens (including phenoxy) is 1. The number of benzene rings is 2. The first-order chi connectivity index (χ1) is 11.1. The van der Waals surface area contributed by atoms with E-state index in [1.54, 1.807) is 43.3 Å². The van der Waals surface area contributed by atoms with Gasteiger partial charge in [0.1, 0.15) is 18.2 Å². The first-order valence-electron chi connectivity index (χ1n) is 7.23. The fourth-order valence-electron chi connectivity index (χ4n) is 1.99. The summed E-state index contributed by atoms with van der Waals surface area (Å²) >= 11 is 0. The van der Waals surface area contributed by atoms with Crippen molar-refractivity contribution in [3.63, 3.8) is 0 Å². The number of rotatable bonds is 6. The Morgan fingerprint density at radius 1 is 1.30 bits per heavy atom. The summed E-state index contributed by atoms with van der Waals surface area (Å²) in [6.07, 6.45) is 0.319. The Labute approximate surface area is 134 Å². The van der Waals surface area contributed by atoms with Gasteiger partial charge in [-0.15, -0.1) is 0 Å². The first-order valence-corrected chi connectivity index (χ1v) is 7.23. The summed E-state index contributed by atoms with van der Waals surface area (Å²) in [5.41, 5.74) is 1.39. The summed E-state index contributed by atoms with van der Waals surface area (Å²) in [6.45, 7) is 2.04. The van der Waals surface area contributed by atoms with Crippen LogP contribution in [-0.2, 0) is 6.42 Å². The SMILES string of the molecule is C[C@H](COc1cccc(F)c1)NC(=O)c1ccc(CC#N)cc1. The molecule has 0 spiro atoms. The van der Waals surface area contributed by atoms with Crippen LogP contribution in [0, 0.1) is 17.1 Å². The van der Waals surface area contributed by atoms with Crippen LogP contribution in [0.4, 0.5) is 4.39 Å². The maximum atomic E-state index is 13.0. The quantitative estimate of drug-likeness (QED) is 0.891. The normalized spacial score (nSPS) is 11.3. The highest BCUT2D eigenvalue weighted by atomic mass is 19.1. The Morgan fingerprint density at radius 2 is 2.04 bits per heavy atom. The van der Waals surface area contributed by atoms with E-state index in [2.05, 4.69) is 11.4 Å². The summed E-state index contributed by atoms with van der Waals surface area (Å²) in [5.74, 6) is -0.160. The molecule has 0 saturated carbocycles. The van der Waals surface area contributed by atoms with Gasteiger partial charge in [0.2, 0.25) is 0 Å². The number of nitriles is 1.